The van der Waals surface area contributed by atoms with Crippen LogP contribution in [-0.2, 0) is 28.4 Å². The van der Waals surface area contributed by atoms with Gasteiger partial charge in [-0.05, 0) is 91.8 Å². The smallest absolute Gasteiger partial charge is 0.187 e. The molecule has 0 aromatic heterocycles. The highest BCUT2D eigenvalue weighted by atomic mass is 16.8. The molecule has 0 amide bonds. The Kier molecular flexibility index (Phi) is 10.6. The molecule has 8 rings (SSSR count). The maximum absolute atomic E-state index is 12.1. The second kappa shape index (κ2) is 14.4. The van der Waals surface area contributed by atoms with Crippen molar-refractivity contribution in [3.05, 3.63) is 0 Å². The van der Waals surface area contributed by atoms with Crippen molar-refractivity contribution in [3.63, 3.8) is 0 Å². The summed E-state index contributed by atoms with van der Waals surface area (Å²) in [4.78, 5) is 0. The Balaban J connectivity index is 0.956. The second-order valence-corrected chi connectivity index (χ2v) is 18.8. The van der Waals surface area contributed by atoms with Crippen LogP contribution >= 0.6 is 0 Å². The van der Waals surface area contributed by atoms with Crippen LogP contribution in [0.5, 0.6) is 0 Å². The molecule has 1 spiro atoms. The molecule has 8 fully saturated rings. The van der Waals surface area contributed by atoms with Crippen LogP contribution in [0.1, 0.15) is 85.5 Å². The number of hydrogen-bond acceptors (Lipinski definition) is 14. The molecule has 304 valence electrons. The normalized spacial score (nSPS) is 59.5. The fourth-order valence-electron chi connectivity index (χ4n) is 13.2. The van der Waals surface area contributed by atoms with E-state index in [1.807, 2.05) is 0 Å². The van der Waals surface area contributed by atoms with E-state index < -0.39 is 86.5 Å². The van der Waals surface area contributed by atoms with Gasteiger partial charge in [0.05, 0.1) is 38.1 Å². The summed E-state index contributed by atoms with van der Waals surface area (Å²) in [7, 11) is 0. The summed E-state index contributed by atoms with van der Waals surface area (Å²) in [6, 6.07) is 0. The molecule has 8 aliphatic rings. The maximum Gasteiger partial charge on any atom is 0.187 e. The molecule has 4 aliphatic carbocycles. The Morgan fingerprint density at radius 2 is 1.34 bits per heavy atom. The molecule has 53 heavy (non-hydrogen) atoms. The number of aliphatic hydroxyl groups is 8. The van der Waals surface area contributed by atoms with Crippen LogP contribution in [0.25, 0.3) is 0 Å². The zero-order chi connectivity index (χ0) is 37.8. The van der Waals surface area contributed by atoms with Gasteiger partial charge in [-0.1, -0.05) is 27.7 Å². The number of ether oxygens (including phenoxy) is 6. The van der Waals surface area contributed by atoms with E-state index in [4.69, 9.17) is 28.4 Å². The van der Waals surface area contributed by atoms with Gasteiger partial charge in [0.15, 0.2) is 18.4 Å². The lowest BCUT2D eigenvalue weighted by atomic mass is 9.44. The monoisotopic (exact) mass is 756 g/mol. The Hall–Kier alpha value is -0.560. The highest BCUT2D eigenvalue weighted by molar-refractivity contribution is 5.18. The Labute approximate surface area is 312 Å². The van der Waals surface area contributed by atoms with Crippen LogP contribution in [-0.4, -0.2) is 146 Å². The van der Waals surface area contributed by atoms with E-state index in [-0.39, 0.29) is 40.8 Å². The van der Waals surface area contributed by atoms with Gasteiger partial charge in [-0.15, -0.1) is 0 Å². The van der Waals surface area contributed by atoms with Crippen molar-refractivity contribution in [2.24, 2.45) is 52.3 Å². The third-order valence-electron chi connectivity index (χ3n) is 16.2. The topological polar surface area (TPSA) is 217 Å². The summed E-state index contributed by atoms with van der Waals surface area (Å²) >= 11 is 0. The predicted molar refractivity (Wildman–Crippen MR) is 184 cm³/mol. The van der Waals surface area contributed by atoms with Crippen molar-refractivity contribution >= 4 is 0 Å². The van der Waals surface area contributed by atoms with Crippen molar-refractivity contribution in [3.8, 4) is 0 Å². The van der Waals surface area contributed by atoms with Gasteiger partial charge in [0.1, 0.15) is 48.8 Å². The third kappa shape index (κ3) is 6.11. The van der Waals surface area contributed by atoms with E-state index in [0.717, 1.165) is 51.4 Å². The fourth-order valence-corrected chi connectivity index (χ4v) is 13.2. The van der Waals surface area contributed by atoms with Crippen molar-refractivity contribution < 1.29 is 69.3 Å². The average molecular weight is 757 g/mol. The van der Waals surface area contributed by atoms with Gasteiger partial charge in [-0.2, -0.15) is 0 Å². The molecule has 0 radical (unpaired) electrons. The first-order valence-corrected chi connectivity index (χ1v) is 20.4. The molecule has 8 N–H and O–H groups in total. The summed E-state index contributed by atoms with van der Waals surface area (Å²) in [5, 5.41) is 84.8. The largest absolute Gasteiger partial charge is 0.394 e. The minimum absolute atomic E-state index is 0.0208. The summed E-state index contributed by atoms with van der Waals surface area (Å²) in [5.41, 5.74) is 0.0217. The Morgan fingerprint density at radius 3 is 2.02 bits per heavy atom. The summed E-state index contributed by atoms with van der Waals surface area (Å²) < 4.78 is 37.3. The summed E-state index contributed by atoms with van der Waals surface area (Å²) in [6.45, 7) is 8.83. The molecule has 23 atom stereocenters. The molecule has 4 saturated carbocycles. The van der Waals surface area contributed by atoms with Crippen molar-refractivity contribution in [1.82, 2.24) is 0 Å². The lowest BCUT2D eigenvalue weighted by Crippen LogP contribution is -2.65. The predicted octanol–water partition coefficient (Wildman–Crippen LogP) is 0.413. The molecule has 14 nitrogen and oxygen atoms in total. The van der Waals surface area contributed by atoms with Gasteiger partial charge in [-0.25, -0.2) is 0 Å². The quantitative estimate of drug-likeness (QED) is 0.173. The van der Waals surface area contributed by atoms with E-state index in [2.05, 4.69) is 27.7 Å². The summed E-state index contributed by atoms with van der Waals surface area (Å²) in [6.07, 6.45) is -7.30. The number of aliphatic hydroxyl groups excluding tert-OH is 8. The highest BCUT2D eigenvalue weighted by Crippen LogP contribution is 2.71. The Bertz CT molecular complexity index is 1300. The molecule has 0 bridgehead atoms. The molecule has 1 unspecified atom stereocenters. The fraction of sp³-hybridized carbons (Fsp3) is 1.00. The van der Waals surface area contributed by atoms with Gasteiger partial charge in [0, 0.05) is 18.3 Å². The van der Waals surface area contributed by atoms with Crippen molar-refractivity contribution in [2.45, 2.75) is 171 Å². The minimum Gasteiger partial charge on any atom is -0.394 e. The maximum atomic E-state index is 12.1. The Morgan fingerprint density at radius 1 is 0.660 bits per heavy atom. The van der Waals surface area contributed by atoms with Crippen LogP contribution in [0.2, 0.25) is 0 Å². The van der Waals surface area contributed by atoms with Crippen LogP contribution in [0.3, 0.4) is 0 Å². The molecule has 0 aromatic carbocycles. The highest BCUT2D eigenvalue weighted by Gasteiger charge is 2.72. The molecule has 0 aromatic rings. The van der Waals surface area contributed by atoms with E-state index in [9.17, 15) is 40.9 Å². The van der Waals surface area contributed by atoms with E-state index in [1.54, 1.807) is 0 Å². The van der Waals surface area contributed by atoms with E-state index >= 15 is 0 Å². The minimum atomic E-state index is -1.73. The number of rotatable bonds is 6. The van der Waals surface area contributed by atoms with Crippen LogP contribution in [0, 0.1) is 52.3 Å². The molecule has 14 heteroatoms. The number of hydrogen-bond donors (Lipinski definition) is 8. The van der Waals surface area contributed by atoms with Crippen LogP contribution in [0.4, 0.5) is 0 Å². The first-order valence-electron chi connectivity index (χ1n) is 20.4. The van der Waals surface area contributed by atoms with Crippen LogP contribution in [0.15, 0.2) is 0 Å². The van der Waals surface area contributed by atoms with Crippen molar-refractivity contribution in [2.75, 3.05) is 19.8 Å². The van der Waals surface area contributed by atoms with E-state index in [0.29, 0.717) is 36.7 Å². The standard InChI is InChI=1S/C39H64O14/c1-17-7-12-39(48-16-17)18(2)25-33(53-39)29(44)26-21-6-5-19-13-20(8-10-37(19,3)22(21)9-11-38(25,26)4)49-36-34(31(46)28(43)24(15-41)51-36)52-35-32(47)30(45)27(42)23(14-40)50-35/h17-36,40-47H,5-16H2,1-4H3/t17-,18-,19?,20-,21+,22-,23+,24+,25-,26+,27+,28-,29+,30-,31-,32+,33+,34+,35-,36+,37-,38+,39+/m0/s1. The lowest BCUT2D eigenvalue weighted by molar-refractivity contribution is -0.373. The zero-order valence-electron chi connectivity index (χ0n) is 31.6. The van der Waals surface area contributed by atoms with Gasteiger partial charge < -0.3 is 69.3 Å². The van der Waals surface area contributed by atoms with Gasteiger partial charge >= 0.3 is 0 Å². The van der Waals surface area contributed by atoms with Crippen LogP contribution < -0.4 is 0 Å². The SMILES string of the molecule is C[C@H]1CC[C@@]2(OC1)O[C@H]1[C@H](O)[C@H]3[C@@H]4CCC5C[C@@H](O[C@@H]6O[C@H](CO)[C@H](O)[C@H](O)[C@H]6O[C@@H]6O[C@H](CO)[C@@H](O)[C@H](O)[C@H]6O)CC[C@]5(C)[C@H]4CC[C@]3(C)[C@H]1[C@@H]2C. The van der Waals surface area contributed by atoms with Gasteiger partial charge in [0.25, 0.3) is 0 Å². The van der Waals surface area contributed by atoms with E-state index in [1.165, 1.54) is 0 Å². The molecular formula is C39H64O14. The molecule has 4 heterocycles. The van der Waals surface area contributed by atoms with Crippen molar-refractivity contribution in [1.29, 1.82) is 0 Å². The molecule has 4 saturated heterocycles. The second-order valence-electron chi connectivity index (χ2n) is 18.8. The zero-order valence-corrected chi connectivity index (χ0v) is 31.6. The average Bonchev–Trinajstić information content (AvgIpc) is 3.55. The number of fused-ring (bicyclic) bond motifs is 7. The third-order valence-corrected chi connectivity index (χ3v) is 16.2. The first kappa shape index (κ1) is 39.3. The molecule has 4 aliphatic heterocycles. The molecular weight excluding hydrogens is 692 g/mol. The van der Waals surface area contributed by atoms with Gasteiger partial charge in [0.2, 0.25) is 0 Å². The lowest BCUT2D eigenvalue weighted by Gasteiger charge is -2.61. The summed E-state index contributed by atoms with van der Waals surface area (Å²) in [5.74, 6) is 1.79. The first-order chi connectivity index (χ1) is 25.2. The van der Waals surface area contributed by atoms with Gasteiger partial charge in [-0.3, -0.25) is 0 Å².